The molecule has 2 aliphatic rings. The first-order chi connectivity index (χ1) is 14.0. The van der Waals surface area contributed by atoms with Crippen LogP contribution in [0.1, 0.15) is 37.9 Å². The summed E-state index contributed by atoms with van der Waals surface area (Å²) in [6, 6.07) is 6.20. The molecule has 2 aliphatic heterocycles. The van der Waals surface area contributed by atoms with Crippen LogP contribution in [0.4, 0.5) is 11.6 Å². The van der Waals surface area contributed by atoms with Crippen LogP contribution in [0.3, 0.4) is 0 Å². The molecule has 0 bridgehead atoms. The van der Waals surface area contributed by atoms with Gasteiger partial charge in [-0.15, -0.1) is 20.4 Å². The van der Waals surface area contributed by atoms with Crippen LogP contribution in [0.2, 0.25) is 0 Å². The van der Waals surface area contributed by atoms with Crippen molar-refractivity contribution in [3.8, 4) is 0 Å². The first-order valence-electron chi connectivity index (χ1n) is 10.1. The first kappa shape index (κ1) is 18.6. The normalized spacial score (nSPS) is 17.3. The van der Waals surface area contributed by atoms with Gasteiger partial charge in [0.1, 0.15) is 11.6 Å². The Hall–Kier alpha value is -2.42. The van der Waals surface area contributed by atoms with Gasteiger partial charge in [-0.3, -0.25) is 0 Å². The van der Waals surface area contributed by atoms with Gasteiger partial charge in [-0.05, 0) is 29.5 Å². The lowest BCUT2D eigenvalue weighted by atomic mass is 9.96. The minimum Gasteiger partial charge on any atom is -0.368 e. The Morgan fingerprint density at radius 3 is 2.83 bits per heavy atom. The highest BCUT2D eigenvalue weighted by molar-refractivity contribution is 7.98. The number of hydrogen-bond donors (Lipinski definition) is 1. The van der Waals surface area contributed by atoms with Crippen LogP contribution in [0, 0.1) is 5.92 Å². The van der Waals surface area contributed by atoms with Gasteiger partial charge in [0.15, 0.2) is 11.5 Å². The second kappa shape index (κ2) is 7.12. The Bertz CT molecular complexity index is 1030. The van der Waals surface area contributed by atoms with E-state index in [4.69, 9.17) is 5.10 Å². The maximum absolute atomic E-state index is 4.80. The molecule has 0 unspecified atom stereocenters. The number of aryl methyl sites for hydroxylation is 1. The van der Waals surface area contributed by atoms with E-state index in [2.05, 4.69) is 57.4 Å². The van der Waals surface area contributed by atoms with E-state index in [1.165, 1.54) is 5.56 Å². The molecule has 0 radical (unpaired) electrons. The molecule has 5 rings (SSSR count). The molecule has 0 atom stereocenters. The zero-order valence-corrected chi connectivity index (χ0v) is 17.9. The van der Waals surface area contributed by atoms with E-state index >= 15 is 0 Å². The molecule has 1 N–H and O–H groups in total. The number of hydrogen-bond acceptors (Lipinski definition) is 8. The van der Waals surface area contributed by atoms with E-state index in [0.29, 0.717) is 5.92 Å². The van der Waals surface area contributed by atoms with E-state index in [0.717, 1.165) is 66.4 Å². The Morgan fingerprint density at radius 2 is 2.00 bits per heavy atom. The number of anilines is 2. The number of nitrogens with zero attached hydrogens (tertiary/aromatic N) is 7. The third-order valence-electron chi connectivity index (χ3n) is 5.47. The summed E-state index contributed by atoms with van der Waals surface area (Å²) in [7, 11) is 0. The zero-order chi connectivity index (χ0) is 20.0. The van der Waals surface area contributed by atoms with Gasteiger partial charge < -0.3 is 10.2 Å². The second-order valence-electron chi connectivity index (χ2n) is 8.89. The van der Waals surface area contributed by atoms with Gasteiger partial charge in [-0.2, -0.15) is 21.4 Å². The van der Waals surface area contributed by atoms with Crippen molar-refractivity contribution in [2.45, 2.75) is 38.4 Å². The predicted molar refractivity (Wildman–Crippen MR) is 116 cm³/mol. The molecule has 5 heterocycles. The first-order valence-corrected chi connectivity index (χ1v) is 11.3. The average Bonchev–Trinajstić information content (AvgIpc) is 3.10. The molecule has 3 aromatic rings. The summed E-state index contributed by atoms with van der Waals surface area (Å²) in [5.41, 5.74) is 3.19. The van der Waals surface area contributed by atoms with Crippen molar-refractivity contribution < 1.29 is 0 Å². The standard InChI is InChI=1S/C20H26N8S/c1-20(2,3)19-25-24-17-4-5-18(26-28(17)19)27-10-13(11-27)9-21-16-8-14-12-29-7-6-15(14)22-23-16/h4-5,8,13H,6-7,9-12H2,1-3H3,(H,21,23). The molecule has 0 saturated carbocycles. The van der Waals surface area contributed by atoms with Crippen molar-refractivity contribution in [3.63, 3.8) is 0 Å². The van der Waals surface area contributed by atoms with Crippen LogP contribution < -0.4 is 10.2 Å². The highest BCUT2D eigenvalue weighted by Crippen LogP contribution is 2.27. The predicted octanol–water partition coefficient (Wildman–Crippen LogP) is 2.55. The van der Waals surface area contributed by atoms with Crippen LogP contribution in [0.25, 0.3) is 5.65 Å². The molecule has 0 spiro atoms. The van der Waals surface area contributed by atoms with Gasteiger partial charge in [0.05, 0.1) is 5.69 Å². The lowest BCUT2D eigenvalue weighted by Gasteiger charge is -2.40. The van der Waals surface area contributed by atoms with E-state index in [1.54, 1.807) is 0 Å². The Labute approximate surface area is 174 Å². The Balaban J connectivity index is 1.21. The molecule has 0 aromatic carbocycles. The lowest BCUT2D eigenvalue weighted by Crippen LogP contribution is -2.50. The van der Waals surface area contributed by atoms with Crippen molar-refractivity contribution in [3.05, 3.63) is 35.3 Å². The minimum absolute atomic E-state index is 0.0964. The molecule has 152 valence electrons. The molecular weight excluding hydrogens is 384 g/mol. The van der Waals surface area contributed by atoms with E-state index < -0.39 is 0 Å². The Kier molecular flexibility index (Phi) is 4.57. The number of nitrogens with one attached hydrogen (secondary N) is 1. The number of rotatable bonds is 4. The van der Waals surface area contributed by atoms with E-state index in [9.17, 15) is 0 Å². The highest BCUT2D eigenvalue weighted by Gasteiger charge is 2.29. The van der Waals surface area contributed by atoms with Gasteiger partial charge in [0.25, 0.3) is 0 Å². The monoisotopic (exact) mass is 410 g/mol. The smallest absolute Gasteiger partial charge is 0.178 e. The van der Waals surface area contributed by atoms with E-state index in [1.807, 2.05) is 28.4 Å². The summed E-state index contributed by atoms with van der Waals surface area (Å²) in [5.74, 6) is 5.52. The summed E-state index contributed by atoms with van der Waals surface area (Å²) in [4.78, 5) is 2.30. The van der Waals surface area contributed by atoms with Crippen molar-refractivity contribution in [1.29, 1.82) is 0 Å². The summed E-state index contributed by atoms with van der Waals surface area (Å²) in [5, 5.41) is 25.6. The molecule has 8 nitrogen and oxygen atoms in total. The molecule has 0 amide bonds. The van der Waals surface area contributed by atoms with Crippen molar-refractivity contribution in [2.24, 2.45) is 5.92 Å². The fourth-order valence-electron chi connectivity index (χ4n) is 3.78. The molecule has 1 fully saturated rings. The molecule has 0 aliphatic carbocycles. The van der Waals surface area contributed by atoms with Crippen LogP contribution in [0.15, 0.2) is 18.2 Å². The van der Waals surface area contributed by atoms with Crippen molar-refractivity contribution in [2.75, 3.05) is 35.6 Å². The van der Waals surface area contributed by atoms with Crippen LogP contribution in [0.5, 0.6) is 0 Å². The molecule has 3 aromatic heterocycles. The van der Waals surface area contributed by atoms with Gasteiger partial charge in [-0.25, -0.2) is 0 Å². The zero-order valence-electron chi connectivity index (χ0n) is 17.1. The molecule has 1 saturated heterocycles. The third-order valence-corrected chi connectivity index (χ3v) is 6.48. The van der Waals surface area contributed by atoms with Gasteiger partial charge in [-0.1, -0.05) is 20.8 Å². The third kappa shape index (κ3) is 3.63. The maximum atomic E-state index is 4.80. The fourth-order valence-corrected chi connectivity index (χ4v) is 4.73. The van der Waals surface area contributed by atoms with E-state index in [-0.39, 0.29) is 5.41 Å². The second-order valence-corrected chi connectivity index (χ2v) is 10.00. The maximum Gasteiger partial charge on any atom is 0.178 e. The highest BCUT2D eigenvalue weighted by atomic mass is 32.2. The summed E-state index contributed by atoms with van der Waals surface area (Å²) in [6.07, 6.45) is 1.03. The summed E-state index contributed by atoms with van der Waals surface area (Å²) >= 11 is 1.97. The van der Waals surface area contributed by atoms with Crippen molar-refractivity contribution >= 4 is 29.0 Å². The molecule has 29 heavy (non-hydrogen) atoms. The van der Waals surface area contributed by atoms with Gasteiger partial charge >= 0.3 is 0 Å². The van der Waals surface area contributed by atoms with Crippen LogP contribution in [-0.2, 0) is 17.6 Å². The fraction of sp³-hybridized carbons (Fsp3) is 0.550. The molecule has 9 heteroatoms. The SMILES string of the molecule is CC(C)(C)c1nnc2ccc(N3CC(CNc4cc5c(nn4)CCSC5)C3)nn12. The lowest BCUT2D eigenvalue weighted by molar-refractivity contribution is 0.423. The number of fused-ring (bicyclic) bond motifs is 2. The summed E-state index contributed by atoms with van der Waals surface area (Å²) < 4.78 is 1.88. The number of aromatic nitrogens is 6. The Morgan fingerprint density at radius 1 is 1.14 bits per heavy atom. The molecular formula is C20H26N8S. The van der Waals surface area contributed by atoms with Gasteiger partial charge in [0, 0.05) is 43.1 Å². The topological polar surface area (TPSA) is 84.1 Å². The quantitative estimate of drug-likeness (QED) is 0.703. The van der Waals surface area contributed by atoms with Crippen LogP contribution >= 0.6 is 11.8 Å². The van der Waals surface area contributed by atoms with Crippen molar-refractivity contribution in [1.82, 2.24) is 30.0 Å². The largest absolute Gasteiger partial charge is 0.368 e. The minimum atomic E-state index is -0.0964. The summed E-state index contributed by atoms with van der Waals surface area (Å²) in [6.45, 7) is 9.25. The van der Waals surface area contributed by atoms with Gasteiger partial charge in [0.2, 0.25) is 0 Å². The van der Waals surface area contributed by atoms with Crippen LogP contribution in [-0.4, -0.2) is 55.4 Å². The average molecular weight is 411 g/mol. The number of thioether (sulfide) groups is 1.